The Bertz CT molecular complexity index is 806. The van der Waals surface area contributed by atoms with Crippen molar-refractivity contribution in [3.63, 3.8) is 0 Å². The summed E-state index contributed by atoms with van der Waals surface area (Å²) in [6, 6.07) is 11.2. The lowest BCUT2D eigenvalue weighted by Gasteiger charge is -2.06. The molecule has 1 aromatic carbocycles. The molecule has 0 bridgehead atoms. The van der Waals surface area contributed by atoms with Crippen molar-refractivity contribution < 1.29 is 4.79 Å². The van der Waals surface area contributed by atoms with Crippen LogP contribution in [0.1, 0.15) is 16.8 Å². The number of carbonyl (C=O) groups excluding carboxylic acids is 1. The van der Waals surface area contributed by atoms with Gasteiger partial charge in [0.1, 0.15) is 18.5 Å². The van der Waals surface area contributed by atoms with Crippen molar-refractivity contribution in [1.29, 1.82) is 0 Å². The van der Waals surface area contributed by atoms with Gasteiger partial charge < -0.3 is 5.32 Å². The SMILES string of the molecule is O=C(NCCCSc1ccc(Cl)cc1)c1ccc(-n2cnnc2)nc1. The molecule has 2 aromatic heterocycles. The molecule has 8 heteroatoms. The van der Waals surface area contributed by atoms with E-state index in [1.165, 1.54) is 4.90 Å². The average molecular weight is 374 g/mol. The van der Waals surface area contributed by atoms with Crippen LogP contribution in [0.5, 0.6) is 0 Å². The van der Waals surface area contributed by atoms with E-state index in [-0.39, 0.29) is 5.91 Å². The molecule has 0 spiro atoms. The first-order valence-electron chi connectivity index (χ1n) is 7.70. The normalized spacial score (nSPS) is 10.6. The van der Waals surface area contributed by atoms with Crippen LogP contribution in [0.2, 0.25) is 5.02 Å². The Morgan fingerprint density at radius 2 is 1.88 bits per heavy atom. The van der Waals surface area contributed by atoms with E-state index in [0.29, 0.717) is 17.9 Å². The van der Waals surface area contributed by atoms with Crippen LogP contribution >= 0.6 is 23.4 Å². The molecule has 0 radical (unpaired) electrons. The molecule has 0 saturated carbocycles. The minimum absolute atomic E-state index is 0.126. The Morgan fingerprint density at radius 3 is 2.56 bits per heavy atom. The van der Waals surface area contributed by atoms with Gasteiger partial charge in [0.25, 0.3) is 5.91 Å². The molecular formula is C17H16ClN5OS. The van der Waals surface area contributed by atoms with Crippen LogP contribution in [0.15, 0.2) is 60.1 Å². The fourth-order valence-electron chi connectivity index (χ4n) is 2.09. The maximum Gasteiger partial charge on any atom is 0.252 e. The summed E-state index contributed by atoms with van der Waals surface area (Å²) < 4.78 is 1.68. The first kappa shape index (κ1) is 17.4. The molecule has 6 nitrogen and oxygen atoms in total. The number of carbonyl (C=O) groups is 1. The van der Waals surface area contributed by atoms with E-state index in [9.17, 15) is 4.79 Å². The Balaban J connectivity index is 1.41. The molecule has 1 N–H and O–H groups in total. The van der Waals surface area contributed by atoms with Gasteiger partial charge in [0.2, 0.25) is 0 Å². The molecule has 0 aliphatic carbocycles. The number of thioether (sulfide) groups is 1. The molecule has 3 rings (SSSR count). The summed E-state index contributed by atoms with van der Waals surface area (Å²) in [5.74, 6) is 1.47. The van der Waals surface area contributed by atoms with Crippen molar-refractivity contribution >= 4 is 29.3 Å². The van der Waals surface area contributed by atoms with Crippen LogP contribution in [-0.2, 0) is 0 Å². The Morgan fingerprint density at radius 1 is 1.12 bits per heavy atom. The predicted octanol–water partition coefficient (Wildman–Crippen LogP) is 3.23. The zero-order valence-electron chi connectivity index (χ0n) is 13.3. The van der Waals surface area contributed by atoms with Gasteiger partial charge in [0, 0.05) is 22.7 Å². The molecular weight excluding hydrogens is 358 g/mol. The van der Waals surface area contributed by atoms with Gasteiger partial charge in [-0.3, -0.25) is 9.36 Å². The molecule has 128 valence electrons. The summed E-state index contributed by atoms with van der Waals surface area (Å²) in [6.07, 6.45) is 5.54. The monoisotopic (exact) mass is 373 g/mol. The van der Waals surface area contributed by atoms with Crippen molar-refractivity contribution in [3.05, 3.63) is 65.8 Å². The van der Waals surface area contributed by atoms with Gasteiger partial charge in [0.05, 0.1) is 5.56 Å². The smallest absolute Gasteiger partial charge is 0.252 e. The van der Waals surface area contributed by atoms with Crippen LogP contribution < -0.4 is 5.32 Å². The number of pyridine rings is 1. The van der Waals surface area contributed by atoms with Crippen molar-refractivity contribution in [3.8, 4) is 5.82 Å². The van der Waals surface area contributed by atoms with Gasteiger partial charge in [0.15, 0.2) is 0 Å². The highest BCUT2D eigenvalue weighted by atomic mass is 35.5. The van der Waals surface area contributed by atoms with Gasteiger partial charge in [-0.15, -0.1) is 22.0 Å². The lowest BCUT2D eigenvalue weighted by atomic mass is 10.2. The molecule has 0 saturated heterocycles. The lowest BCUT2D eigenvalue weighted by Crippen LogP contribution is -2.25. The van der Waals surface area contributed by atoms with Crippen LogP contribution in [0, 0.1) is 0 Å². The molecule has 0 aliphatic heterocycles. The minimum Gasteiger partial charge on any atom is -0.352 e. The molecule has 0 aliphatic rings. The number of nitrogens with zero attached hydrogens (tertiary/aromatic N) is 4. The fourth-order valence-corrected chi connectivity index (χ4v) is 3.07. The van der Waals surface area contributed by atoms with Crippen molar-refractivity contribution in [2.75, 3.05) is 12.3 Å². The topological polar surface area (TPSA) is 72.7 Å². The molecule has 2 heterocycles. The van der Waals surface area contributed by atoms with Gasteiger partial charge >= 0.3 is 0 Å². The lowest BCUT2D eigenvalue weighted by molar-refractivity contribution is 0.0953. The maximum absolute atomic E-state index is 12.1. The summed E-state index contributed by atoms with van der Waals surface area (Å²) >= 11 is 7.60. The summed E-state index contributed by atoms with van der Waals surface area (Å²) in [4.78, 5) is 17.5. The second kappa shape index (κ2) is 8.64. The van der Waals surface area contributed by atoms with Gasteiger partial charge in [-0.05, 0) is 48.6 Å². The summed E-state index contributed by atoms with van der Waals surface area (Å²) in [5, 5.41) is 11.1. The standard InChI is InChI=1S/C17H16ClN5OS/c18-14-3-5-15(6-4-14)25-9-1-8-19-17(24)13-2-7-16(20-10-13)23-11-21-22-12-23/h2-7,10-12H,1,8-9H2,(H,19,24). The van der Waals surface area contributed by atoms with Crippen molar-refractivity contribution in [2.24, 2.45) is 0 Å². The number of amides is 1. The Kier molecular flexibility index (Phi) is 6.03. The number of halogens is 1. The number of nitrogens with one attached hydrogen (secondary N) is 1. The zero-order chi connectivity index (χ0) is 17.5. The average Bonchev–Trinajstić information content (AvgIpc) is 3.18. The zero-order valence-corrected chi connectivity index (χ0v) is 14.9. The first-order chi connectivity index (χ1) is 12.2. The maximum atomic E-state index is 12.1. The van der Waals surface area contributed by atoms with Crippen molar-refractivity contribution in [2.45, 2.75) is 11.3 Å². The second-order valence-electron chi connectivity index (χ2n) is 5.19. The van der Waals surface area contributed by atoms with Gasteiger partial charge in [-0.2, -0.15) is 0 Å². The largest absolute Gasteiger partial charge is 0.352 e. The van der Waals surface area contributed by atoms with Crippen LogP contribution in [0.4, 0.5) is 0 Å². The Labute approximate surface area is 154 Å². The Hall–Kier alpha value is -2.38. The van der Waals surface area contributed by atoms with E-state index in [4.69, 9.17) is 11.6 Å². The molecule has 3 aromatic rings. The summed E-state index contributed by atoms with van der Waals surface area (Å²) in [5.41, 5.74) is 0.530. The van der Waals surface area contributed by atoms with Gasteiger partial charge in [-0.25, -0.2) is 4.98 Å². The first-order valence-corrected chi connectivity index (χ1v) is 9.06. The fraction of sp³-hybridized carbons (Fsp3) is 0.176. The summed E-state index contributed by atoms with van der Waals surface area (Å²) in [6.45, 7) is 0.618. The number of aromatic nitrogens is 4. The van der Waals surface area contributed by atoms with Crippen LogP contribution in [0.3, 0.4) is 0 Å². The van der Waals surface area contributed by atoms with Crippen LogP contribution in [0.25, 0.3) is 5.82 Å². The third-order valence-corrected chi connectivity index (χ3v) is 4.73. The molecule has 25 heavy (non-hydrogen) atoms. The highest BCUT2D eigenvalue weighted by Crippen LogP contribution is 2.20. The highest BCUT2D eigenvalue weighted by Gasteiger charge is 2.06. The molecule has 1 amide bonds. The predicted molar refractivity (Wildman–Crippen MR) is 98.3 cm³/mol. The summed E-state index contributed by atoms with van der Waals surface area (Å²) in [7, 11) is 0. The van der Waals surface area contributed by atoms with E-state index in [1.807, 2.05) is 24.3 Å². The van der Waals surface area contributed by atoms with E-state index in [0.717, 1.165) is 17.2 Å². The number of hydrogen-bond acceptors (Lipinski definition) is 5. The number of hydrogen-bond donors (Lipinski definition) is 1. The number of benzene rings is 1. The molecule has 0 fully saturated rings. The van der Waals surface area contributed by atoms with E-state index >= 15 is 0 Å². The third kappa shape index (κ3) is 5.04. The van der Waals surface area contributed by atoms with E-state index in [1.54, 1.807) is 47.3 Å². The second-order valence-corrected chi connectivity index (χ2v) is 6.79. The van der Waals surface area contributed by atoms with Gasteiger partial charge in [-0.1, -0.05) is 11.6 Å². The minimum atomic E-state index is -0.126. The molecule has 0 atom stereocenters. The number of rotatable bonds is 7. The molecule has 0 unspecified atom stereocenters. The highest BCUT2D eigenvalue weighted by molar-refractivity contribution is 7.99. The van der Waals surface area contributed by atoms with Crippen molar-refractivity contribution in [1.82, 2.24) is 25.1 Å². The third-order valence-electron chi connectivity index (χ3n) is 3.38. The van der Waals surface area contributed by atoms with E-state index in [2.05, 4.69) is 20.5 Å². The van der Waals surface area contributed by atoms with Crippen LogP contribution in [-0.4, -0.2) is 38.0 Å². The quantitative estimate of drug-likeness (QED) is 0.508. The van der Waals surface area contributed by atoms with E-state index < -0.39 is 0 Å².